The molecule has 8 heteroatoms. The van der Waals surface area contributed by atoms with Crippen LogP contribution in [0.3, 0.4) is 0 Å². The van der Waals surface area contributed by atoms with Gasteiger partial charge in [-0.05, 0) is 30.8 Å². The number of hydrogen-bond donors (Lipinski definition) is 2. The molecule has 26 heavy (non-hydrogen) atoms. The number of allylic oxidation sites excluding steroid dienone is 1. The molecule has 1 aromatic carbocycles. The Hall–Kier alpha value is -3.15. The first-order valence-electron chi connectivity index (χ1n) is 7.68. The Labute approximate surface area is 152 Å². The number of aliphatic hydroxyl groups is 1. The maximum absolute atomic E-state index is 12.6. The molecule has 1 aliphatic heterocycles. The fraction of sp³-hybridized carbons (Fsp3) is 0.111. The lowest BCUT2D eigenvalue weighted by molar-refractivity contribution is 0.0807. The summed E-state index contributed by atoms with van der Waals surface area (Å²) in [5.74, 6) is 0.195. The van der Waals surface area contributed by atoms with Crippen molar-refractivity contribution >= 4 is 28.4 Å². The number of Topliss-reactive ketones (excluding diaryl/α,β-unsaturated/α-hetero) is 1. The summed E-state index contributed by atoms with van der Waals surface area (Å²) in [5, 5.41) is 25.0. The van der Waals surface area contributed by atoms with Gasteiger partial charge in [0, 0.05) is 11.1 Å². The minimum Gasteiger partial charge on any atom is -0.463 e. The van der Waals surface area contributed by atoms with E-state index in [1.807, 2.05) is 6.07 Å². The maximum atomic E-state index is 12.6. The SMILES string of the molecule is C/C(=N\NC1=NC2(O)C(=C(C#N)S1)C(=O)c1ccccc12)c1ccco1. The van der Waals surface area contributed by atoms with Crippen LogP contribution in [0.2, 0.25) is 0 Å². The van der Waals surface area contributed by atoms with Crippen LogP contribution in [-0.4, -0.2) is 21.8 Å². The molecule has 2 aromatic rings. The van der Waals surface area contributed by atoms with Gasteiger partial charge in [0.15, 0.2) is 11.0 Å². The molecule has 2 N–H and O–H groups in total. The van der Waals surface area contributed by atoms with Gasteiger partial charge in [0.1, 0.15) is 22.4 Å². The number of furan rings is 1. The van der Waals surface area contributed by atoms with E-state index in [4.69, 9.17) is 4.42 Å². The molecule has 0 bridgehead atoms. The molecule has 2 heterocycles. The van der Waals surface area contributed by atoms with Gasteiger partial charge in [-0.3, -0.25) is 10.2 Å². The molecule has 7 nitrogen and oxygen atoms in total. The molecule has 4 rings (SSSR count). The van der Waals surface area contributed by atoms with E-state index in [0.717, 1.165) is 11.8 Å². The van der Waals surface area contributed by atoms with Crippen LogP contribution in [-0.2, 0) is 5.72 Å². The highest BCUT2D eigenvalue weighted by Gasteiger charge is 2.51. The molecule has 2 aliphatic rings. The highest BCUT2D eigenvalue weighted by Crippen LogP contribution is 2.48. The number of aliphatic imine (C=N–C) groups is 1. The predicted molar refractivity (Wildman–Crippen MR) is 96.4 cm³/mol. The number of carbonyl (C=O) groups is 1. The first-order valence-corrected chi connectivity index (χ1v) is 8.49. The Bertz CT molecular complexity index is 1050. The van der Waals surface area contributed by atoms with E-state index in [9.17, 15) is 15.2 Å². The zero-order valence-corrected chi connectivity index (χ0v) is 14.4. The van der Waals surface area contributed by atoms with Crippen molar-refractivity contribution in [3.05, 3.63) is 70.0 Å². The second-order valence-electron chi connectivity index (χ2n) is 5.67. The average Bonchev–Trinajstić information content (AvgIpc) is 3.26. The normalized spacial score (nSPS) is 21.8. The van der Waals surface area contributed by atoms with E-state index in [1.165, 1.54) is 6.26 Å². The quantitative estimate of drug-likeness (QED) is 0.626. The molecule has 1 atom stereocenters. The van der Waals surface area contributed by atoms with E-state index >= 15 is 0 Å². The fourth-order valence-electron chi connectivity index (χ4n) is 2.91. The Morgan fingerprint density at radius 2 is 2.19 bits per heavy atom. The summed E-state index contributed by atoms with van der Waals surface area (Å²) in [6.07, 6.45) is 1.54. The van der Waals surface area contributed by atoms with E-state index in [1.54, 1.807) is 43.3 Å². The lowest BCUT2D eigenvalue weighted by Gasteiger charge is -2.26. The summed E-state index contributed by atoms with van der Waals surface area (Å²) in [6.45, 7) is 1.75. The summed E-state index contributed by atoms with van der Waals surface area (Å²) in [5.41, 5.74) is 2.12. The minimum atomic E-state index is -1.89. The van der Waals surface area contributed by atoms with Crippen LogP contribution in [0, 0.1) is 11.3 Å². The van der Waals surface area contributed by atoms with Crippen LogP contribution in [0.15, 0.2) is 67.7 Å². The van der Waals surface area contributed by atoms with Gasteiger partial charge in [-0.25, -0.2) is 4.99 Å². The zero-order chi connectivity index (χ0) is 18.3. The molecule has 1 aromatic heterocycles. The van der Waals surface area contributed by atoms with Gasteiger partial charge >= 0.3 is 0 Å². The molecule has 128 valence electrons. The third-order valence-electron chi connectivity index (χ3n) is 4.11. The number of rotatable bonds is 2. The number of nitrogens with one attached hydrogen (secondary N) is 1. The lowest BCUT2D eigenvalue weighted by Crippen LogP contribution is -2.32. The van der Waals surface area contributed by atoms with E-state index < -0.39 is 5.72 Å². The number of nitrogens with zero attached hydrogens (tertiary/aromatic N) is 3. The van der Waals surface area contributed by atoms with Crippen molar-refractivity contribution in [1.82, 2.24) is 5.43 Å². The van der Waals surface area contributed by atoms with Gasteiger partial charge in [0.2, 0.25) is 5.72 Å². The summed E-state index contributed by atoms with van der Waals surface area (Å²) < 4.78 is 5.25. The van der Waals surface area contributed by atoms with E-state index in [2.05, 4.69) is 15.5 Å². The van der Waals surface area contributed by atoms with Crippen molar-refractivity contribution in [3.8, 4) is 6.07 Å². The topological polar surface area (TPSA) is 111 Å². The molecule has 1 aliphatic carbocycles. The number of thioether (sulfide) groups is 1. The number of hydrogen-bond acceptors (Lipinski definition) is 8. The van der Waals surface area contributed by atoms with Crippen molar-refractivity contribution in [2.24, 2.45) is 10.1 Å². The first-order chi connectivity index (χ1) is 12.5. The molecule has 0 radical (unpaired) electrons. The summed E-state index contributed by atoms with van der Waals surface area (Å²) >= 11 is 0.959. The number of benzene rings is 1. The van der Waals surface area contributed by atoms with Gasteiger partial charge in [-0.15, -0.1) is 0 Å². The number of amidine groups is 1. The summed E-state index contributed by atoms with van der Waals surface area (Å²) in [6, 6.07) is 12.1. The maximum Gasteiger partial charge on any atom is 0.218 e. The predicted octanol–water partition coefficient (Wildman–Crippen LogP) is 2.52. The van der Waals surface area contributed by atoms with Gasteiger partial charge in [-0.1, -0.05) is 24.3 Å². The minimum absolute atomic E-state index is 0.0107. The Morgan fingerprint density at radius 1 is 1.38 bits per heavy atom. The third-order valence-corrected chi connectivity index (χ3v) is 4.99. The first kappa shape index (κ1) is 16.3. The fourth-order valence-corrected chi connectivity index (χ4v) is 3.75. The number of ketones is 1. The lowest BCUT2D eigenvalue weighted by atomic mass is 10.0. The standard InChI is InChI=1S/C18H12N4O3S/c1-10(13-7-4-8-25-13)21-22-17-20-18(24)12-6-3-2-5-11(12)16(23)15(18)14(9-19)26-17/h2-8,24H,1H3,(H,20,22)/b21-10+. The van der Waals surface area contributed by atoms with Crippen LogP contribution >= 0.6 is 11.8 Å². The van der Waals surface area contributed by atoms with Gasteiger partial charge < -0.3 is 9.52 Å². The molecule has 0 spiro atoms. The van der Waals surface area contributed by atoms with Crippen molar-refractivity contribution in [2.45, 2.75) is 12.6 Å². The molecule has 1 unspecified atom stereocenters. The summed E-state index contributed by atoms with van der Waals surface area (Å²) in [7, 11) is 0. The van der Waals surface area contributed by atoms with Gasteiger partial charge in [-0.2, -0.15) is 10.4 Å². The molecule has 0 saturated heterocycles. The van der Waals surface area contributed by atoms with Gasteiger partial charge in [0.05, 0.1) is 11.8 Å². The average molecular weight is 364 g/mol. The highest BCUT2D eigenvalue weighted by atomic mass is 32.2. The van der Waals surface area contributed by atoms with E-state index in [-0.39, 0.29) is 21.4 Å². The number of carbonyl (C=O) groups excluding carboxylic acids is 1. The van der Waals surface area contributed by atoms with Crippen LogP contribution in [0.1, 0.15) is 28.6 Å². The molecule has 0 amide bonds. The van der Waals surface area contributed by atoms with Crippen molar-refractivity contribution in [3.63, 3.8) is 0 Å². The second kappa shape index (κ2) is 5.98. The van der Waals surface area contributed by atoms with E-state index in [0.29, 0.717) is 22.6 Å². The van der Waals surface area contributed by atoms with Gasteiger partial charge in [0.25, 0.3) is 0 Å². The molecule has 0 fully saturated rings. The van der Waals surface area contributed by atoms with Crippen molar-refractivity contribution in [1.29, 1.82) is 5.26 Å². The second-order valence-corrected chi connectivity index (χ2v) is 6.67. The smallest absolute Gasteiger partial charge is 0.218 e. The highest BCUT2D eigenvalue weighted by molar-refractivity contribution is 8.17. The molecule has 0 saturated carbocycles. The van der Waals surface area contributed by atoms with Crippen LogP contribution in [0.5, 0.6) is 0 Å². The number of nitriles is 1. The van der Waals surface area contributed by atoms with Crippen LogP contribution in [0.25, 0.3) is 0 Å². The Balaban J connectivity index is 1.74. The molecular formula is C18H12N4O3S. The summed E-state index contributed by atoms with van der Waals surface area (Å²) in [4.78, 5) is 17.0. The Kier molecular flexibility index (Phi) is 3.76. The third kappa shape index (κ3) is 2.37. The van der Waals surface area contributed by atoms with Crippen LogP contribution in [0.4, 0.5) is 0 Å². The monoisotopic (exact) mass is 364 g/mol. The van der Waals surface area contributed by atoms with Crippen molar-refractivity contribution in [2.75, 3.05) is 0 Å². The zero-order valence-electron chi connectivity index (χ0n) is 13.6. The number of hydrazone groups is 1. The molecular weight excluding hydrogens is 352 g/mol. The Morgan fingerprint density at radius 3 is 2.92 bits per heavy atom. The van der Waals surface area contributed by atoms with Crippen LogP contribution < -0.4 is 5.43 Å². The largest absolute Gasteiger partial charge is 0.463 e. The number of fused-ring (bicyclic) bond motifs is 3. The van der Waals surface area contributed by atoms with Crippen molar-refractivity contribution < 1.29 is 14.3 Å².